The predicted octanol–water partition coefficient (Wildman–Crippen LogP) is 15.9. The summed E-state index contributed by atoms with van der Waals surface area (Å²) in [5.74, 6) is 0. The van der Waals surface area contributed by atoms with E-state index in [0.29, 0.717) is 0 Å². The van der Waals surface area contributed by atoms with Gasteiger partial charge in [0.2, 0.25) is 0 Å². The largest absolute Gasteiger partial charge is 0.308 e. The van der Waals surface area contributed by atoms with Crippen molar-refractivity contribution in [1.29, 1.82) is 0 Å². The van der Waals surface area contributed by atoms with E-state index < -0.39 is 0 Å². The Labute approximate surface area is 346 Å². The van der Waals surface area contributed by atoms with Crippen LogP contribution in [0.5, 0.6) is 0 Å². The molecule has 0 N–H and O–H groups in total. The van der Waals surface area contributed by atoms with Crippen LogP contribution in [0.15, 0.2) is 176 Å². The fraction of sp³-hybridized carbons (Fsp3) is 0.103. The fourth-order valence-corrected chi connectivity index (χ4v) is 10.9. The van der Waals surface area contributed by atoms with Crippen LogP contribution in [0.3, 0.4) is 0 Å². The molecule has 9 aromatic carbocycles. The molecule has 0 atom stereocenters. The molecule has 0 saturated heterocycles. The average Bonchev–Trinajstić information content (AvgIpc) is 3.56. The van der Waals surface area contributed by atoms with Crippen molar-refractivity contribution in [1.82, 2.24) is 0 Å². The van der Waals surface area contributed by atoms with E-state index in [9.17, 15) is 0 Å². The number of fused-ring (bicyclic) bond motifs is 10. The van der Waals surface area contributed by atoms with Gasteiger partial charge < -0.3 is 4.90 Å². The molecule has 59 heavy (non-hydrogen) atoms. The minimum atomic E-state index is -0.111. The minimum absolute atomic E-state index is 0.0836. The first-order chi connectivity index (χ1) is 28.8. The third kappa shape index (κ3) is 4.73. The third-order valence-corrected chi connectivity index (χ3v) is 13.8. The molecule has 1 heteroatoms. The second-order valence-electron chi connectivity index (χ2n) is 17.6. The van der Waals surface area contributed by atoms with Gasteiger partial charge in [0.1, 0.15) is 0 Å². The van der Waals surface area contributed by atoms with Crippen LogP contribution in [0.1, 0.15) is 61.1 Å². The highest BCUT2D eigenvalue weighted by atomic mass is 15.2. The van der Waals surface area contributed by atoms with Gasteiger partial charge in [0.05, 0.1) is 17.1 Å². The Kier molecular flexibility index (Phi) is 7.10. The van der Waals surface area contributed by atoms with E-state index in [1.54, 1.807) is 0 Å². The Morgan fingerprint density at radius 3 is 1.59 bits per heavy atom. The molecule has 280 valence electrons. The van der Waals surface area contributed by atoms with Crippen molar-refractivity contribution in [3.05, 3.63) is 209 Å². The Morgan fingerprint density at radius 1 is 0.339 bits per heavy atom. The highest BCUT2D eigenvalue weighted by Crippen LogP contribution is 2.57. The SMILES string of the molecule is CC1(C)c2ccccc2-c2ccc(-c3ccc4c(N5c6ccccc6C=Cc6ccccc65)c5ccccc5c(-c5cccc6c5-c5ccccc5C6(C)C)c4c3)cc21. The van der Waals surface area contributed by atoms with Gasteiger partial charge >= 0.3 is 0 Å². The topological polar surface area (TPSA) is 3.24 Å². The summed E-state index contributed by atoms with van der Waals surface area (Å²) < 4.78 is 0. The fourth-order valence-electron chi connectivity index (χ4n) is 10.9. The molecular formula is C58H43N. The van der Waals surface area contributed by atoms with Gasteiger partial charge in [-0.15, -0.1) is 0 Å². The third-order valence-electron chi connectivity index (χ3n) is 13.8. The molecule has 1 aliphatic heterocycles. The molecule has 0 unspecified atom stereocenters. The van der Waals surface area contributed by atoms with Gasteiger partial charge in [-0.3, -0.25) is 0 Å². The monoisotopic (exact) mass is 753 g/mol. The van der Waals surface area contributed by atoms with Crippen LogP contribution < -0.4 is 4.90 Å². The van der Waals surface area contributed by atoms with Gasteiger partial charge in [-0.2, -0.15) is 0 Å². The van der Waals surface area contributed by atoms with Gasteiger partial charge in [-0.1, -0.05) is 192 Å². The molecule has 12 rings (SSSR count). The second-order valence-corrected chi connectivity index (χ2v) is 17.6. The maximum atomic E-state index is 2.53. The van der Waals surface area contributed by atoms with E-state index in [2.05, 4.69) is 221 Å². The van der Waals surface area contributed by atoms with Crippen LogP contribution in [-0.4, -0.2) is 0 Å². The van der Waals surface area contributed by atoms with Crippen molar-refractivity contribution in [2.24, 2.45) is 0 Å². The summed E-state index contributed by atoms with van der Waals surface area (Å²) in [6.45, 7) is 9.52. The maximum Gasteiger partial charge on any atom is 0.0619 e. The van der Waals surface area contributed by atoms with E-state index in [-0.39, 0.29) is 10.8 Å². The zero-order valence-electron chi connectivity index (χ0n) is 33.8. The zero-order valence-corrected chi connectivity index (χ0v) is 33.8. The smallest absolute Gasteiger partial charge is 0.0619 e. The summed E-state index contributed by atoms with van der Waals surface area (Å²) in [6, 6.07) is 66.2. The summed E-state index contributed by atoms with van der Waals surface area (Å²) in [7, 11) is 0. The highest BCUT2D eigenvalue weighted by Gasteiger charge is 2.38. The van der Waals surface area contributed by atoms with Crippen LogP contribution in [0.4, 0.5) is 17.1 Å². The maximum absolute atomic E-state index is 2.53. The summed E-state index contributed by atoms with van der Waals surface area (Å²) in [5, 5.41) is 4.96. The van der Waals surface area contributed by atoms with Crippen molar-refractivity contribution >= 4 is 50.8 Å². The molecule has 1 heterocycles. The average molecular weight is 754 g/mol. The van der Waals surface area contributed by atoms with Gasteiger partial charge in [0.15, 0.2) is 0 Å². The predicted molar refractivity (Wildman–Crippen MR) is 251 cm³/mol. The Morgan fingerprint density at radius 2 is 0.847 bits per heavy atom. The Hall–Kier alpha value is -6.96. The first kappa shape index (κ1) is 34.1. The molecule has 3 aliphatic rings. The molecule has 0 fully saturated rings. The Bertz CT molecular complexity index is 3230. The standard InChI is InChI=1S/C58H43N/c1-57(2)49-24-12-10-21-45(49)55-46(22-15-25-50(55)57)54-42-19-7-8-20-43(42)56(59-52-26-13-5-16-36(52)28-29-37-17-6-14-27-53(37)59)44-33-31-38(34-47(44)54)39-30-32-41-40-18-9-11-23-48(40)58(3,4)51(41)35-39/h5-35H,1-4H3. The van der Waals surface area contributed by atoms with E-state index in [1.165, 1.54) is 116 Å². The lowest BCUT2D eigenvalue weighted by Crippen LogP contribution is -2.15. The van der Waals surface area contributed by atoms with E-state index >= 15 is 0 Å². The molecule has 0 bridgehead atoms. The lowest BCUT2D eigenvalue weighted by atomic mass is 9.80. The number of para-hydroxylation sites is 2. The summed E-state index contributed by atoms with van der Waals surface area (Å²) in [5.41, 5.74) is 21.7. The second kappa shape index (κ2) is 12.3. The first-order valence-corrected chi connectivity index (χ1v) is 20.9. The number of nitrogens with zero attached hydrogens (tertiary/aromatic N) is 1. The molecule has 0 saturated carbocycles. The van der Waals surface area contributed by atoms with Crippen molar-refractivity contribution in [3.63, 3.8) is 0 Å². The van der Waals surface area contributed by atoms with Gasteiger partial charge in [-0.25, -0.2) is 0 Å². The highest BCUT2D eigenvalue weighted by molar-refractivity contribution is 6.24. The molecule has 0 amide bonds. The van der Waals surface area contributed by atoms with Crippen LogP contribution in [0.25, 0.3) is 78.2 Å². The molecular weight excluding hydrogens is 711 g/mol. The van der Waals surface area contributed by atoms with Crippen LogP contribution in [-0.2, 0) is 10.8 Å². The molecule has 0 spiro atoms. The van der Waals surface area contributed by atoms with Gasteiger partial charge in [0.25, 0.3) is 0 Å². The number of hydrogen-bond acceptors (Lipinski definition) is 1. The van der Waals surface area contributed by atoms with Crippen molar-refractivity contribution in [2.45, 2.75) is 38.5 Å². The minimum Gasteiger partial charge on any atom is -0.308 e. The van der Waals surface area contributed by atoms with Crippen molar-refractivity contribution < 1.29 is 0 Å². The van der Waals surface area contributed by atoms with E-state index in [4.69, 9.17) is 0 Å². The zero-order chi connectivity index (χ0) is 39.6. The normalized spacial score (nSPS) is 14.9. The van der Waals surface area contributed by atoms with Crippen molar-refractivity contribution in [3.8, 4) is 44.5 Å². The molecule has 0 aromatic heterocycles. The quantitative estimate of drug-likeness (QED) is 0.162. The van der Waals surface area contributed by atoms with Crippen LogP contribution in [0, 0.1) is 0 Å². The molecule has 0 radical (unpaired) electrons. The van der Waals surface area contributed by atoms with E-state index in [0.717, 1.165) is 0 Å². The number of benzene rings is 9. The first-order valence-electron chi connectivity index (χ1n) is 20.9. The molecule has 9 aromatic rings. The Balaban J connectivity index is 1.20. The number of hydrogen-bond donors (Lipinski definition) is 0. The number of anilines is 3. The summed E-state index contributed by atoms with van der Waals surface area (Å²) in [4.78, 5) is 2.53. The van der Waals surface area contributed by atoms with Gasteiger partial charge in [-0.05, 0) is 113 Å². The van der Waals surface area contributed by atoms with E-state index in [1.807, 2.05) is 0 Å². The van der Waals surface area contributed by atoms with Crippen LogP contribution >= 0.6 is 0 Å². The van der Waals surface area contributed by atoms with Crippen molar-refractivity contribution in [2.75, 3.05) is 4.90 Å². The lowest BCUT2D eigenvalue weighted by Gasteiger charge is -2.31. The number of rotatable bonds is 3. The van der Waals surface area contributed by atoms with Gasteiger partial charge in [0, 0.05) is 21.6 Å². The van der Waals surface area contributed by atoms with Crippen LogP contribution in [0.2, 0.25) is 0 Å². The molecule has 2 aliphatic carbocycles. The molecule has 1 nitrogen and oxygen atoms in total. The lowest BCUT2D eigenvalue weighted by molar-refractivity contribution is 0.660. The summed E-state index contributed by atoms with van der Waals surface area (Å²) >= 11 is 0. The summed E-state index contributed by atoms with van der Waals surface area (Å²) in [6.07, 6.45) is 4.54.